The van der Waals surface area contributed by atoms with Crippen molar-refractivity contribution in [2.24, 2.45) is 16.5 Å². The highest BCUT2D eigenvalue weighted by Gasteiger charge is 2.31. The van der Waals surface area contributed by atoms with Crippen molar-refractivity contribution < 1.29 is 22.7 Å². The number of benzene rings is 2. The molecule has 1 saturated carbocycles. The molecule has 0 aromatic heterocycles. The molecule has 0 radical (unpaired) electrons. The van der Waals surface area contributed by atoms with Crippen LogP contribution in [0.15, 0.2) is 34.2 Å². The molecular formula is C22H24ClN5O5S. The van der Waals surface area contributed by atoms with E-state index in [0.29, 0.717) is 17.3 Å². The number of sulfone groups is 1. The van der Waals surface area contributed by atoms with E-state index in [9.17, 15) is 18.0 Å². The number of carbonyl (C=O) groups excluding carboxylic acids is 2. The summed E-state index contributed by atoms with van der Waals surface area (Å²) in [4.78, 5) is 27.9. The average molecular weight is 506 g/mol. The van der Waals surface area contributed by atoms with Gasteiger partial charge in [0, 0.05) is 22.9 Å². The van der Waals surface area contributed by atoms with Crippen LogP contribution in [-0.2, 0) is 20.4 Å². The molecule has 34 heavy (non-hydrogen) atoms. The third-order valence-electron chi connectivity index (χ3n) is 5.66. The zero-order chi connectivity index (χ0) is 24.6. The second kappa shape index (κ2) is 9.24. The van der Waals surface area contributed by atoms with E-state index in [2.05, 4.69) is 15.6 Å². The first-order chi connectivity index (χ1) is 16.0. The summed E-state index contributed by atoms with van der Waals surface area (Å²) in [5, 5.41) is 6.05. The van der Waals surface area contributed by atoms with Gasteiger partial charge in [-0.1, -0.05) is 18.0 Å². The SMILES string of the molecule is Cc1cc(C(=O)N=C(N)N)cc2c1Oc1c(Cl)cc(NC(=O)CNC3CCC3)cc1CS2(=O)=O. The highest BCUT2D eigenvalue weighted by molar-refractivity contribution is 7.90. The van der Waals surface area contributed by atoms with E-state index in [1.807, 2.05) is 0 Å². The third-order valence-corrected chi connectivity index (χ3v) is 7.61. The number of aliphatic imine (C=N–C) groups is 1. The standard InChI is InChI=1S/C22H24ClN5O5S/c1-11-5-12(21(30)28-22(24)25)7-17-19(11)33-20-13(10-34(17,31)32)6-15(8-16(20)23)27-18(29)9-26-14-3-2-4-14/h5-8,14,26H,2-4,9-10H2,1H3,(H,27,29)(H4,24,25,28,30). The van der Waals surface area contributed by atoms with E-state index in [0.717, 1.165) is 19.3 Å². The number of fused-ring (bicyclic) bond motifs is 2. The molecule has 1 aliphatic carbocycles. The van der Waals surface area contributed by atoms with Crippen LogP contribution in [0.25, 0.3) is 0 Å². The Labute approximate surface area is 201 Å². The fourth-order valence-corrected chi connectivity index (χ4v) is 5.64. The van der Waals surface area contributed by atoms with Crippen molar-refractivity contribution >= 4 is 44.9 Å². The lowest BCUT2D eigenvalue weighted by atomic mass is 9.93. The molecular weight excluding hydrogens is 482 g/mol. The molecule has 4 rings (SSSR count). The Bertz CT molecular complexity index is 1320. The van der Waals surface area contributed by atoms with Crippen LogP contribution in [0.1, 0.15) is 40.7 Å². The Morgan fingerprint density at radius 2 is 1.91 bits per heavy atom. The van der Waals surface area contributed by atoms with Gasteiger partial charge in [0.15, 0.2) is 15.8 Å². The van der Waals surface area contributed by atoms with Gasteiger partial charge in [0.05, 0.1) is 17.3 Å². The number of hydrogen-bond acceptors (Lipinski definition) is 6. The average Bonchev–Trinajstić information content (AvgIpc) is 2.80. The Kier molecular flexibility index (Phi) is 6.52. The van der Waals surface area contributed by atoms with E-state index in [1.54, 1.807) is 6.92 Å². The van der Waals surface area contributed by atoms with Crippen molar-refractivity contribution in [3.8, 4) is 11.5 Å². The number of hydrogen-bond donors (Lipinski definition) is 4. The number of guanidine groups is 1. The van der Waals surface area contributed by atoms with E-state index in [1.165, 1.54) is 24.3 Å². The van der Waals surface area contributed by atoms with E-state index in [-0.39, 0.29) is 45.0 Å². The van der Waals surface area contributed by atoms with Crippen molar-refractivity contribution in [2.45, 2.75) is 42.9 Å². The highest BCUT2D eigenvalue weighted by Crippen LogP contribution is 2.44. The van der Waals surface area contributed by atoms with Gasteiger partial charge in [-0.15, -0.1) is 0 Å². The minimum atomic E-state index is -3.95. The maximum absolute atomic E-state index is 13.2. The molecule has 1 heterocycles. The van der Waals surface area contributed by atoms with Gasteiger partial charge in [-0.25, -0.2) is 8.42 Å². The zero-order valence-electron chi connectivity index (χ0n) is 18.4. The smallest absolute Gasteiger partial charge is 0.280 e. The molecule has 1 aliphatic heterocycles. The lowest BCUT2D eigenvalue weighted by Crippen LogP contribution is -2.40. The number of amides is 2. The molecule has 0 unspecified atom stereocenters. The van der Waals surface area contributed by atoms with Gasteiger partial charge in [0.2, 0.25) is 5.91 Å². The van der Waals surface area contributed by atoms with Crippen LogP contribution < -0.4 is 26.8 Å². The van der Waals surface area contributed by atoms with E-state index < -0.39 is 27.5 Å². The number of anilines is 1. The fourth-order valence-electron chi connectivity index (χ4n) is 3.79. The molecule has 1 fully saturated rings. The van der Waals surface area contributed by atoms with Gasteiger partial charge < -0.3 is 26.8 Å². The van der Waals surface area contributed by atoms with Crippen molar-refractivity contribution in [3.63, 3.8) is 0 Å². The Hall–Kier alpha value is -3.15. The van der Waals surface area contributed by atoms with Crippen molar-refractivity contribution in [3.05, 3.63) is 46.0 Å². The van der Waals surface area contributed by atoms with Gasteiger partial charge >= 0.3 is 0 Å². The van der Waals surface area contributed by atoms with E-state index >= 15 is 0 Å². The normalized spacial score (nSPS) is 16.2. The highest BCUT2D eigenvalue weighted by atomic mass is 35.5. The predicted octanol–water partition coefficient (Wildman–Crippen LogP) is 2.22. The number of aryl methyl sites for hydroxylation is 1. The summed E-state index contributed by atoms with van der Waals surface area (Å²) in [6.07, 6.45) is 3.25. The van der Waals surface area contributed by atoms with Gasteiger partial charge in [-0.2, -0.15) is 4.99 Å². The lowest BCUT2D eigenvalue weighted by molar-refractivity contribution is -0.115. The van der Waals surface area contributed by atoms with E-state index in [4.69, 9.17) is 27.8 Å². The molecule has 10 nitrogen and oxygen atoms in total. The molecule has 0 atom stereocenters. The monoisotopic (exact) mass is 505 g/mol. The van der Waals surface area contributed by atoms with Crippen LogP contribution in [0.3, 0.4) is 0 Å². The molecule has 0 spiro atoms. The van der Waals surface area contributed by atoms with Crippen LogP contribution in [0, 0.1) is 6.92 Å². The molecule has 0 bridgehead atoms. The van der Waals surface area contributed by atoms with Crippen molar-refractivity contribution in [1.29, 1.82) is 0 Å². The molecule has 0 saturated heterocycles. The lowest BCUT2D eigenvalue weighted by Gasteiger charge is -2.26. The molecule has 2 aromatic rings. The van der Waals surface area contributed by atoms with Gasteiger partial charge in [-0.05, 0) is 49.6 Å². The molecule has 2 amide bonds. The number of nitrogens with zero attached hydrogens (tertiary/aromatic N) is 1. The quantitative estimate of drug-likeness (QED) is 0.354. The fraction of sp³-hybridized carbons (Fsp3) is 0.318. The number of nitrogens with one attached hydrogen (secondary N) is 2. The summed E-state index contributed by atoms with van der Waals surface area (Å²) < 4.78 is 32.4. The van der Waals surface area contributed by atoms with Gasteiger partial charge in [0.1, 0.15) is 16.4 Å². The topological polar surface area (TPSA) is 166 Å². The number of rotatable bonds is 5. The zero-order valence-corrected chi connectivity index (χ0v) is 19.9. The maximum atomic E-state index is 13.2. The Balaban J connectivity index is 1.65. The van der Waals surface area contributed by atoms with Crippen LogP contribution in [0.5, 0.6) is 11.5 Å². The second-order valence-corrected chi connectivity index (χ2v) is 10.7. The number of ether oxygens (including phenoxy) is 1. The first-order valence-corrected chi connectivity index (χ1v) is 12.6. The number of halogens is 1. The second-order valence-electron chi connectivity index (χ2n) is 8.33. The van der Waals surface area contributed by atoms with Crippen molar-refractivity contribution in [2.75, 3.05) is 11.9 Å². The van der Waals surface area contributed by atoms with Gasteiger partial charge in [0.25, 0.3) is 5.91 Å². The van der Waals surface area contributed by atoms with Crippen molar-refractivity contribution in [1.82, 2.24) is 5.32 Å². The summed E-state index contributed by atoms with van der Waals surface area (Å²) >= 11 is 6.43. The third kappa shape index (κ3) is 5.01. The van der Waals surface area contributed by atoms with Crippen LogP contribution in [-0.4, -0.2) is 38.8 Å². The molecule has 2 aromatic carbocycles. The first kappa shape index (κ1) is 24.0. The molecule has 180 valence electrons. The minimum Gasteiger partial charge on any atom is -0.454 e. The summed E-state index contributed by atoms with van der Waals surface area (Å²) in [6.45, 7) is 1.74. The largest absolute Gasteiger partial charge is 0.454 e. The molecule has 12 heteroatoms. The van der Waals surface area contributed by atoms with Crippen LogP contribution in [0.2, 0.25) is 5.02 Å². The Morgan fingerprint density at radius 3 is 2.56 bits per heavy atom. The summed E-state index contributed by atoms with van der Waals surface area (Å²) in [5.74, 6) is -1.69. The first-order valence-electron chi connectivity index (χ1n) is 10.6. The minimum absolute atomic E-state index is 0.000734. The maximum Gasteiger partial charge on any atom is 0.280 e. The molecule has 6 N–H and O–H groups in total. The van der Waals surface area contributed by atoms with Crippen LogP contribution >= 0.6 is 11.6 Å². The summed E-state index contributed by atoms with van der Waals surface area (Å²) in [5.41, 5.74) is 11.6. The summed E-state index contributed by atoms with van der Waals surface area (Å²) in [7, 11) is -3.95. The Morgan fingerprint density at radius 1 is 1.18 bits per heavy atom. The molecule has 2 aliphatic rings. The predicted molar refractivity (Wildman–Crippen MR) is 128 cm³/mol. The number of nitrogens with two attached hydrogens (primary N) is 2. The van der Waals surface area contributed by atoms with Crippen LogP contribution in [0.4, 0.5) is 5.69 Å². The van der Waals surface area contributed by atoms with Gasteiger partial charge in [-0.3, -0.25) is 9.59 Å². The number of carbonyl (C=O) groups is 2. The summed E-state index contributed by atoms with van der Waals surface area (Å²) in [6, 6.07) is 6.00.